The molecule has 1 heterocycles. The molecule has 7 nitrogen and oxygen atoms in total. The summed E-state index contributed by atoms with van der Waals surface area (Å²) in [7, 11) is 1.71. The first kappa shape index (κ1) is 14.9. The van der Waals surface area contributed by atoms with E-state index in [0.717, 1.165) is 6.42 Å². The van der Waals surface area contributed by atoms with E-state index in [2.05, 4.69) is 26.1 Å². The van der Waals surface area contributed by atoms with Gasteiger partial charge in [0.2, 0.25) is 5.91 Å². The van der Waals surface area contributed by atoms with Crippen LogP contribution in [0.4, 0.5) is 5.82 Å². The van der Waals surface area contributed by atoms with Crippen LogP contribution in [0.3, 0.4) is 0 Å². The van der Waals surface area contributed by atoms with Gasteiger partial charge in [-0.1, -0.05) is 6.92 Å². The van der Waals surface area contributed by atoms with Crippen molar-refractivity contribution in [3.63, 3.8) is 0 Å². The molecule has 104 valence electrons. The molecule has 0 aliphatic heterocycles. The third-order valence-corrected chi connectivity index (χ3v) is 2.44. The maximum Gasteiger partial charge on any atom is 0.272 e. The molecule has 1 aromatic heterocycles. The van der Waals surface area contributed by atoms with Gasteiger partial charge in [0.1, 0.15) is 11.9 Å². The Bertz CT molecular complexity index is 432. The molecule has 7 heteroatoms. The first-order chi connectivity index (χ1) is 9.08. The van der Waals surface area contributed by atoms with Crippen LogP contribution >= 0.6 is 0 Å². The zero-order valence-electron chi connectivity index (χ0n) is 11.4. The van der Waals surface area contributed by atoms with Gasteiger partial charge in [0.25, 0.3) is 5.91 Å². The van der Waals surface area contributed by atoms with E-state index in [-0.39, 0.29) is 11.6 Å². The largest absolute Gasteiger partial charge is 0.372 e. The molecule has 1 unspecified atom stereocenters. The monoisotopic (exact) mass is 265 g/mol. The molecular formula is C12H19N5O2. The van der Waals surface area contributed by atoms with Crippen LogP contribution in [-0.2, 0) is 4.79 Å². The van der Waals surface area contributed by atoms with Crippen molar-refractivity contribution in [1.29, 1.82) is 0 Å². The van der Waals surface area contributed by atoms with E-state index in [9.17, 15) is 9.59 Å². The average molecular weight is 265 g/mol. The van der Waals surface area contributed by atoms with Crippen molar-refractivity contribution >= 4 is 17.6 Å². The van der Waals surface area contributed by atoms with Crippen LogP contribution in [0.25, 0.3) is 0 Å². The average Bonchev–Trinajstić information content (AvgIpc) is 2.44. The summed E-state index contributed by atoms with van der Waals surface area (Å²) in [6.07, 6.45) is 0.851. The van der Waals surface area contributed by atoms with Crippen LogP contribution in [0, 0.1) is 0 Å². The van der Waals surface area contributed by atoms with E-state index in [4.69, 9.17) is 0 Å². The van der Waals surface area contributed by atoms with Gasteiger partial charge in [-0.3, -0.25) is 9.59 Å². The maximum atomic E-state index is 11.8. The molecule has 0 saturated carbocycles. The molecule has 0 aliphatic carbocycles. The summed E-state index contributed by atoms with van der Waals surface area (Å²) in [5.41, 5.74) is 0.175. The van der Waals surface area contributed by atoms with Gasteiger partial charge >= 0.3 is 0 Å². The fourth-order valence-electron chi connectivity index (χ4n) is 1.32. The Morgan fingerprint density at radius 2 is 2.05 bits per heavy atom. The van der Waals surface area contributed by atoms with Crippen LogP contribution < -0.4 is 16.0 Å². The minimum atomic E-state index is -0.607. The number of carbonyl (C=O) groups is 2. The Labute approximate surface area is 112 Å². The first-order valence-corrected chi connectivity index (χ1v) is 6.18. The molecule has 3 N–H and O–H groups in total. The Balaban J connectivity index is 2.55. The van der Waals surface area contributed by atoms with Gasteiger partial charge in [0.15, 0.2) is 5.69 Å². The van der Waals surface area contributed by atoms with Crippen LogP contribution in [0.5, 0.6) is 0 Å². The highest BCUT2D eigenvalue weighted by Crippen LogP contribution is 2.00. The van der Waals surface area contributed by atoms with Crippen molar-refractivity contribution in [3.8, 4) is 0 Å². The number of nitrogens with zero attached hydrogens (tertiary/aromatic N) is 2. The molecule has 0 radical (unpaired) electrons. The summed E-state index contributed by atoms with van der Waals surface area (Å²) in [4.78, 5) is 23.4. The van der Waals surface area contributed by atoms with Crippen LogP contribution in [0.15, 0.2) is 12.1 Å². The number of anilines is 1. The number of amides is 2. The lowest BCUT2D eigenvalue weighted by Gasteiger charge is -2.13. The van der Waals surface area contributed by atoms with Crippen molar-refractivity contribution in [1.82, 2.24) is 20.8 Å². The van der Waals surface area contributed by atoms with Crippen molar-refractivity contribution < 1.29 is 9.59 Å². The minimum absolute atomic E-state index is 0.175. The van der Waals surface area contributed by atoms with E-state index >= 15 is 0 Å². The molecule has 0 spiro atoms. The number of aromatic nitrogens is 2. The molecule has 1 rings (SSSR count). The second kappa shape index (κ2) is 7.30. The van der Waals surface area contributed by atoms with Gasteiger partial charge in [-0.25, -0.2) is 0 Å². The smallest absolute Gasteiger partial charge is 0.272 e. The first-order valence-electron chi connectivity index (χ1n) is 6.18. The van der Waals surface area contributed by atoms with Crippen LogP contribution in [-0.4, -0.2) is 41.6 Å². The predicted molar refractivity (Wildman–Crippen MR) is 71.8 cm³/mol. The van der Waals surface area contributed by atoms with Crippen LogP contribution in [0.1, 0.15) is 30.8 Å². The zero-order chi connectivity index (χ0) is 14.3. The summed E-state index contributed by atoms with van der Waals surface area (Å²) < 4.78 is 0. The Morgan fingerprint density at radius 1 is 1.32 bits per heavy atom. The molecule has 0 fully saturated rings. The van der Waals surface area contributed by atoms with E-state index in [1.807, 2.05) is 6.92 Å². The second-order valence-electron chi connectivity index (χ2n) is 4.04. The summed E-state index contributed by atoms with van der Waals surface area (Å²) >= 11 is 0. The number of hydrogen-bond acceptors (Lipinski definition) is 5. The Kier molecular flexibility index (Phi) is 5.72. The number of rotatable bonds is 6. The zero-order valence-corrected chi connectivity index (χ0v) is 11.4. The standard InChI is InChI=1S/C12H19N5O2/c1-4-7-14-11(18)8(2)15-12(19)9-5-6-10(13-3)17-16-9/h5-6,8H,4,7H2,1-3H3,(H,13,17)(H,14,18)(H,15,19). The summed E-state index contributed by atoms with van der Waals surface area (Å²) in [6, 6.07) is 2.58. The Morgan fingerprint density at radius 3 is 2.58 bits per heavy atom. The number of nitrogens with one attached hydrogen (secondary N) is 3. The van der Waals surface area contributed by atoms with Gasteiger partial charge in [-0.05, 0) is 25.5 Å². The fraction of sp³-hybridized carbons (Fsp3) is 0.500. The molecule has 2 amide bonds. The van der Waals surface area contributed by atoms with Gasteiger partial charge in [-0.15, -0.1) is 10.2 Å². The van der Waals surface area contributed by atoms with Crippen LogP contribution in [0.2, 0.25) is 0 Å². The van der Waals surface area contributed by atoms with E-state index < -0.39 is 11.9 Å². The molecule has 0 saturated heterocycles. The van der Waals surface area contributed by atoms with Gasteiger partial charge < -0.3 is 16.0 Å². The number of carbonyl (C=O) groups excluding carboxylic acids is 2. The van der Waals surface area contributed by atoms with Gasteiger partial charge in [-0.2, -0.15) is 0 Å². The van der Waals surface area contributed by atoms with E-state index in [1.165, 1.54) is 0 Å². The molecule has 0 aromatic carbocycles. The summed E-state index contributed by atoms with van der Waals surface area (Å²) in [5.74, 6) is -0.0606. The highest BCUT2D eigenvalue weighted by atomic mass is 16.2. The van der Waals surface area contributed by atoms with E-state index in [1.54, 1.807) is 26.1 Å². The fourth-order valence-corrected chi connectivity index (χ4v) is 1.32. The highest BCUT2D eigenvalue weighted by Gasteiger charge is 2.17. The third-order valence-electron chi connectivity index (χ3n) is 2.44. The lowest BCUT2D eigenvalue weighted by atomic mass is 10.2. The SMILES string of the molecule is CCCNC(=O)C(C)NC(=O)c1ccc(NC)nn1. The highest BCUT2D eigenvalue weighted by molar-refractivity contribution is 5.95. The van der Waals surface area contributed by atoms with Crippen molar-refractivity contribution in [3.05, 3.63) is 17.8 Å². The predicted octanol–water partition coefficient (Wildman–Crippen LogP) is 0.163. The van der Waals surface area contributed by atoms with Crippen molar-refractivity contribution in [2.75, 3.05) is 18.9 Å². The molecule has 0 aliphatic rings. The molecule has 1 aromatic rings. The minimum Gasteiger partial charge on any atom is -0.372 e. The molecule has 1 atom stereocenters. The second-order valence-corrected chi connectivity index (χ2v) is 4.04. The summed E-state index contributed by atoms with van der Waals surface area (Å²) in [6.45, 7) is 4.18. The lowest BCUT2D eigenvalue weighted by Crippen LogP contribution is -2.45. The topological polar surface area (TPSA) is 96.0 Å². The van der Waals surface area contributed by atoms with Crippen molar-refractivity contribution in [2.24, 2.45) is 0 Å². The molecular weight excluding hydrogens is 246 g/mol. The summed E-state index contributed by atoms with van der Waals surface area (Å²) in [5, 5.41) is 15.6. The quantitative estimate of drug-likeness (QED) is 0.681. The maximum absolute atomic E-state index is 11.8. The van der Waals surface area contributed by atoms with Gasteiger partial charge in [0, 0.05) is 13.6 Å². The third kappa shape index (κ3) is 4.53. The molecule has 0 bridgehead atoms. The molecule has 19 heavy (non-hydrogen) atoms. The normalized spacial score (nSPS) is 11.5. The number of hydrogen-bond donors (Lipinski definition) is 3. The Hall–Kier alpha value is -2.18. The van der Waals surface area contributed by atoms with Crippen molar-refractivity contribution in [2.45, 2.75) is 26.3 Å². The lowest BCUT2D eigenvalue weighted by molar-refractivity contribution is -0.122. The van der Waals surface area contributed by atoms with Gasteiger partial charge in [0.05, 0.1) is 0 Å². The van der Waals surface area contributed by atoms with E-state index in [0.29, 0.717) is 12.4 Å².